The molecule has 4 aromatic rings. The van der Waals surface area contributed by atoms with Crippen LogP contribution in [0.5, 0.6) is 10.8 Å². The van der Waals surface area contributed by atoms with Crippen LogP contribution in [0.1, 0.15) is 5.56 Å². The number of benzene rings is 3. The van der Waals surface area contributed by atoms with E-state index in [4.69, 9.17) is 16.3 Å². The number of hydrogen-bond donors (Lipinski definition) is 1. The van der Waals surface area contributed by atoms with Crippen LogP contribution in [0.4, 0.5) is 5.00 Å². The molecule has 0 fully saturated rings. The van der Waals surface area contributed by atoms with Gasteiger partial charge in [-0.3, -0.25) is 0 Å². The van der Waals surface area contributed by atoms with E-state index in [0.717, 1.165) is 17.3 Å². The van der Waals surface area contributed by atoms with Crippen molar-refractivity contribution in [2.75, 3.05) is 5.32 Å². The van der Waals surface area contributed by atoms with Gasteiger partial charge in [0.1, 0.15) is 5.75 Å². The number of rotatable bonds is 5. The van der Waals surface area contributed by atoms with Crippen molar-refractivity contribution in [2.24, 2.45) is 0 Å². The predicted molar refractivity (Wildman–Crippen MR) is 107 cm³/mol. The van der Waals surface area contributed by atoms with Crippen LogP contribution >= 0.6 is 22.9 Å². The molecule has 0 aliphatic carbocycles. The Balaban J connectivity index is 1.51. The predicted octanol–water partition coefficient (Wildman–Crippen LogP) is 6.96. The molecule has 0 spiro atoms. The zero-order valence-electron chi connectivity index (χ0n) is 13.4. The fourth-order valence-corrected chi connectivity index (χ4v) is 3.88. The second-order valence-electron chi connectivity index (χ2n) is 5.65. The van der Waals surface area contributed by atoms with E-state index in [-0.39, 0.29) is 0 Å². The van der Waals surface area contributed by atoms with Gasteiger partial charge in [0.25, 0.3) is 0 Å². The number of ether oxygens (including phenoxy) is 1. The maximum atomic E-state index is 6.32. The second kappa shape index (κ2) is 7.18. The van der Waals surface area contributed by atoms with Crippen LogP contribution < -0.4 is 10.1 Å². The molecule has 0 unspecified atom stereocenters. The minimum atomic E-state index is 0.620. The third-order valence-corrected chi connectivity index (χ3v) is 5.31. The lowest BCUT2D eigenvalue weighted by atomic mass is 10.0. The first-order valence-electron chi connectivity index (χ1n) is 8.02. The van der Waals surface area contributed by atoms with Crippen LogP contribution in [-0.2, 0) is 6.54 Å². The zero-order valence-corrected chi connectivity index (χ0v) is 15.0. The third kappa shape index (κ3) is 3.63. The Morgan fingerprint density at radius 3 is 2.52 bits per heavy atom. The molecule has 0 saturated heterocycles. The van der Waals surface area contributed by atoms with Crippen LogP contribution in [0.3, 0.4) is 0 Å². The summed E-state index contributed by atoms with van der Waals surface area (Å²) in [5, 5.41) is 8.28. The summed E-state index contributed by atoms with van der Waals surface area (Å²) in [5.41, 5.74) is 1.26. The normalized spacial score (nSPS) is 10.8. The van der Waals surface area contributed by atoms with E-state index in [9.17, 15) is 0 Å². The average molecular weight is 366 g/mol. The molecule has 0 amide bonds. The fourth-order valence-electron chi connectivity index (χ4n) is 2.73. The van der Waals surface area contributed by atoms with Crippen molar-refractivity contribution in [2.45, 2.75) is 6.54 Å². The van der Waals surface area contributed by atoms with Crippen molar-refractivity contribution in [3.8, 4) is 10.8 Å². The fraction of sp³-hybridized carbons (Fsp3) is 0.0476. The van der Waals surface area contributed by atoms with Crippen molar-refractivity contribution in [1.82, 2.24) is 0 Å². The number of thiophene rings is 1. The van der Waals surface area contributed by atoms with E-state index >= 15 is 0 Å². The zero-order chi connectivity index (χ0) is 17.1. The highest BCUT2D eigenvalue weighted by Gasteiger charge is 2.10. The standard InChI is InChI=1S/C21H16ClNOS/c22-19-13-20(25-21(19)24-17-10-2-1-3-11-17)23-14-16-9-6-8-15-7-4-5-12-18(15)16/h1-13,23H,14H2. The first-order chi connectivity index (χ1) is 12.3. The smallest absolute Gasteiger partial charge is 0.201 e. The summed E-state index contributed by atoms with van der Waals surface area (Å²) in [6.45, 7) is 0.739. The van der Waals surface area contributed by atoms with Crippen molar-refractivity contribution in [1.29, 1.82) is 0 Å². The van der Waals surface area contributed by atoms with Crippen LogP contribution in [0, 0.1) is 0 Å². The first-order valence-corrected chi connectivity index (χ1v) is 9.22. The molecule has 0 atom stereocenters. The quantitative estimate of drug-likeness (QED) is 0.412. The maximum Gasteiger partial charge on any atom is 0.201 e. The van der Waals surface area contributed by atoms with Gasteiger partial charge in [0, 0.05) is 6.54 Å². The minimum Gasteiger partial charge on any atom is -0.445 e. The Bertz CT molecular complexity index is 992. The molecule has 0 radical (unpaired) electrons. The highest BCUT2D eigenvalue weighted by Crippen LogP contribution is 2.40. The summed E-state index contributed by atoms with van der Waals surface area (Å²) in [5.74, 6) is 0.784. The molecule has 25 heavy (non-hydrogen) atoms. The molecule has 0 aliphatic rings. The van der Waals surface area contributed by atoms with Gasteiger partial charge in [-0.15, -0.1) is 0 Å². The van der Waals surface area contributed by atoms with Gasteiger partial charge in [0.15, 0.2) is 0 Å². The van der Waals surface area contributed by atoms with E-state index in [2.05, 4.69) is 47.8 Å². The third-order valence-electron chi connectivity index (χ3n) is 3.94. The number of nitrogens with one attached hydrogen (secondary N) is 1. The van der Waals surface area contributed by atoms with Crippen molar-refractivity contribution >= 4 is 38.7 Å². The van der Waals surface area contributed by atoms with Crippen LogP contribution in [0.25, 0.3) is 10.8 Å². The highest BCUT2D eigenvalue weighted by molar-refractivity contribution is 7.18. The Labute approximate surface area is 155 Å². The van der Waals surface area contributed by atoms with Crippen molar-refractivity contribution in [3.63, 3.8) is 0 Å². The van der Waals surface area contributed by atoms with Gasteiger partial charge in [0.2, 0.25) is 5.06 Å². The van der Waals surface area contributed by atoms with E-state index < -0.39 is 0 Å². The van der Waals surface area contributed by atoms with Gasteiger partial charge in [-0.05, 0) is 34.5 Å². The summed E-state index contributed by atoms with van der Waals surface area (Å²) in [7, 11) is 0. The van der Waals surface area contributed by atoms with E-state index in [1.807, 2.05) is 36.4 Å². The lowest BCUT2D eigenvalue weighted by molar-refractivity contribution is 0.497. The van der Waals surface area contributed by atoms with Gasteiger partial charge in [-0.1, -0.05) is 83.6 Å². The first kappa shape index (κ1) is 16.0. The second-order valence-corrected chi connectivity index (χ2v) is 7.07. The van der Waals surface area contributed by atoms with Crippen LogP contribution in [0.2, 0.25) is 5.02 Å². The summed E-state index contributed by atoms with van der Waals surface area (Å²) in [4.78, 5) is 0. The molecule has 0 aliphatic heterocycles. The lowest BCUT2D eigenvalue weighted by Gasteiger charge is -2.07. The Morgan fingerprint density at radius 2 is 1.64 bits per heavy atom. The lowest BCUT2D eigenvalue weighted by Crippen LogP contribution is -1.98. The Hall–Kier alpha value is -2.49. The molecule has 1 aromatic heterocycles. The number of anilines is 1. The van der Waals surface area contributed by atoms with Gasteiger partial charge in [-0.2, -0.15) is 0 Å². The topological polar surface area (TPSA) is 21.3 Å². The van der Waals surface area contributed by atoms with Crippen LogP contribution in [0.15, 0.2) is 78.9 Å². The molecule has 2 nitrogen and oxygen atoms in total. The number of para-hydroxylation sites is 1. The van der Waals surface area contributed by atoms with Crippen molar-refractivity contribution in [3.05, 3.63) is 89.4 Å². The number of fused-ring (bicyclic) bond motifs is 1. The Morgan fingerprint density at radius 1 is 0.880 bits per heavy atom. The molecule has 4 heteroatoms. The maximum absolute atomic E-state index is 6.32. The van der Waals surface area contributed by atoms with Gasteiger partial charge >= 0.3 is 0 Å². The molecular weight excluding hydrogens is 350 g/mol. The van der Waals surface area contributed by atoms with Gasteiger partial charge < -0.3 is 10.1 Å². The van der Waals surface area contributed by atoms with Crippen LogP contribution in [-0.4, -0.2) is 0 Å². The largest absolute Gasteiger partial charge is 0.445 e. The van der Waals surface area contributed by atoms with E-state index in [1.54, 1.807) is 0 Å². The molecular formula is C21H16ClNOS. The van der Waals surface area contributed by atoms with Gasteiger partial charge in [-0.25, -0.2) is 0 Å². The number of hydrogen-bond acceptors (Lipinski definition) is 3. The molecule has 0 bridgehead atoms. The molecule has 4 rings (SSSR count). The van der Waals surface area contributed by atoms with Crippen molar-refractivity contribution < 1.29 is 4.74 Å². The summed E-state index contributed by atoms with van der Waals surface area (Å²) in [6, 6.07) is 26.4. The summed E-state index contributed by atoms with van der Waals surface area (Å²) in [6.07, 6.45) is 0. The SMILES string of the molecule is Clc1cc(NCc2cccc3ccccc23)sc1Oc1ccccc1. The van der Waals surface area contributed by atoms with E-state index in [0.29, 0.717) is 10.1 Å². The summed E-state index contributed by atoms with van der Waals surface area (Å²) < 4.78 is 5.86. The number of halogens is 1. The van der Waals surface area contributed by atoms with Gasteiger partial charge in [0.05, 0.1) is 10.0 Å². The monoisotopic (exact) mass is 365 g/mol. The Kier molecular flexibility index (Phi) is 4.59. The minimum absolute atomic E-state index is 0.620. The summed E-state index contributed by atoms with van der Waals surface area (Å²) >= 11 is 7.83. The molecule has 1 heterocycles. The highest BCUT2D eigenvalue weighted by atomic mass is 35.5. The molecule has 3 aromatic carbocycles. The molecule has 124 valence electrons. The molecule has 0 saturated carbocycles. The average Bonchev–Trinajstić information content (AvgIpc) is 3.00. The molecule has 1 N–H and O–H groups in total. The van der Waals surface area contributed by atoms with E-state index in [1.165, 1.54) is 27.7 Å².